The summed E-state index contributed by atoms with van der Waals surface area (Å²) >= 11 is 0. The van der Waals surface area contributed by atoms with Crippen LogP contribution in [0.3, 0.4) is 0 Å². The average Bonchev–Trinajstić information content (AvgIpc) is 1.81. The lowest BCUT2D eigenvalue weighted by atomic mass is 10.8. The average molecular weight is 117 g/mol. The molecule has 1 radical (unpaired) electrons. The predicted molar refractivity (Wildman–Crippen MR) is 28.1 cm³/mol. The van der Waals surface area contributed by atoms with Gasteiger partial charge in [-0.25, -0.2) is 0 Å². The van der Waals surface area contributed by atoms with Crippen LogP contribution in [-0.4, -0.2) is 26.3 Å². The van der Waals surface area contributed by atoms with Crippen LogP contribution in [0, 0.1) is 0 Å². The summed E-state index contributed by atoms with van der Waals surface area (Å²) in [4.78, 5) is 9.46. The summed E-state index contributed by atoms with van der Waals surface area (Å²) in [6, 6.07) is 0. The van der Waals surface area contributed by atoms with Crippen LogP contribution in [0.5, 0.6) is 0 Å². The van der Waals surface area contributed by atoms with Crippen molar-refractivity contribution in [3.63, 3.8) is 0 Å². The second kappa shape index (κ2) is 6.59. The molecule has 0 bridgehead atoms. The molecule has 0 aliphatic carbocycles. The molecule has 0 heterocycles. The van der Waals surface area contributed by atoms with Crippen LogP contribution >= 0.6 is 0 Å². The first-order valence-electron chi connectivity index (χ1n) is 2.42. The molecule has 0 fully saturated rings. The molecule has 8 heavy (non-hydrogen) atoms. The Morgan fingerprint density at radius 2 is 2.25 bits per heavy atom. The SMILES string of the molecule is CCOCOC[C]=O. The van der Waals surface area contributed by atoms with Crippen LogP contribution < -0.4 is 0 Å². The molecule has 0 aliphatic rings. The van der Waals surface area contributed by atoms with Gasteiger partial charge in [0.05, 0.1) is 0 Å². The zero-order valence-electron chi connectivity index (χ0n) is 4.85. The minimum absolute atomic E-state index is 0. The van der Waals surface area contributed by atoms with Gasteiger partial charge in [-0.1, -0.05) is 0 Å². The molecular formula is C5H9O3. The summed E-state index contributed by atoms with van der Waals surface area (Å²) in [5, 5.41) is 0. The third-order valence-electron chi connectivity index (χ3n) is 0.532. The van der Waals surface area contributed by atoms with Gasteiger partial charge in [0, 0.05) is 6.61 Å². The lowest BCUT2D eigenvalue weighted by Crippen LogP contribution is -2.00. The van der Waals surface area contributed by atoms with Crippen molar-refractivity contribution in [3.05, 3.63) is 0 Å². The van der Waals surface area contributed by atoms with Crippen molar-refractivity contribution >= 4 is 6.29 Å². The molecule has 47 valence electrons. The molecule has 0 saturated carbocycles. The van der Waals surface area contributed by atoms with E-state index in [1.54, 1.807) is 6.29 Å². The van der Waals surface area contributed by atoms with Crippen LogP contribution in [0.15, 0.2) is 0 Å². The van der Waals surface area contributed by atoms with Crippen molar-refractivity contribution in [1.82, 2.24) is 0 Å². The van der Waals surface area contributed by atoms with Crippen molar-refractivity contribution in [2.75, 3.05) is 20.0 Å². The first-order chi connectivity index (χ1) is 3.91. The molecule has 0 aromatic heterocycles. The maximum absolute atomic E-state index is 9.46. The van der Waals surface area contributed by atoms with Gasteiger partial charge < -0.3 is 9.47 Å². The molecule has 3 heteroatoms. The Kier molecular flexibility index (Phi) is 6.25. The zero-order valence-corrected chi connectivity index (χ0v) is 4.85. The van der Waals surface area contributed by atoms with Crippen molar-refractivity contribution in [2.45, 2.75) is 6.92 Å². The summed E-state index contributed by atoms with van der Waals surface area (Å²) in [7, 11) is 0. The van der Waals surface area contributed by atoms with Gasteiger partial charge in [0.15, 0.2) is 0 Å². The van der Waals surface area contributed by atoms with Gasteiger partial charge in [0.1, 0.15) is 13.4 Å². The predicted octanol–water partition coefficient (Wildman–Crippen LogP) is 0.107. The number of rotatable bonds is 5. The van der Waals surface area contributed by atoms with Crippen LogP contribution in [0.1, 0.15) is 6.92 Å². The van der Waals surface area contributed by atoms with Crippen LogP contribution in [0.2, 0.25) is 0 Å². The molecule has 0 amide bonds. The van der Waals surface area contributed by atoms with Gasteiger partial charge in [0.25, 0.3) is 0 Å². The van der Waals surface area contributed by atoms with Crippen molar-refractivity contribution in [1.29, 1.82) is 0 Å². The Labute approximate surface area is 48.6 Å². The first kappa shape index (κ1) is 7.59. The molecule has 0 rings (SSSR count). The maximum Gasteiger partial charge on any atom is 0.226 e. The molecule has 0 aromatic rings. The van der Waals surface area contributed by atoms with E-state index in [2.05, 4.69) is 4.74 Å². The summed E-state index contributed by atoms with van der Waals surface area (Å²) in [6.45, 7) is 2.65. The summed E-state index contributed by atoms with van der Waals surface area (Å²) in [6.07, 6.45) is 1.57. The number of ether oxygens (including phenoxy) is 2. The smallest absolute Gasteiger partial charge is 0.226 e. The highest BCUT2D eigenvalue weighted by Gasteiger charge is 1.81. The minimum Gasteiger partial charge on any atom is -0.356 e. The molecule has 0 atom stereocenters. The molecule has 0 spiro atoms. The van der Waals surface area contributed by atoms with Gasteiger partial charge in [0.2, 0.25) is 6.29 Å². The standard InChI is InChI=1S/C5H9O3/c1-2-7-5-8-4-3-6/h2,4-5H2,1H3. The van der Waals surface area contributed by atoms with Crippen LogP contribution in [0.25, 0.3) is 0 Å². The van der Waals surface area contributed by atoms with Gasteiger partial charge in [-0.05, 0) is 6.92 Å². The second-order valence-electron chi connectivity index (χ2n) is 1.10. The minimum atomic E-state index is 0. The van der Waals surface area contributed by atoms with Crippen LogP contribution in [-0.2, 0) is 14.3 Å². The van der Waals surface area contributed by atoms with E-state index in [1.807, 2.05) is 6.92 Å². The molecule has 0 unspecified atom stereocenters. The van der Waals surface area contributed by atoms with E-state index in [1.165, 1.54) is 0 Å². The highest BCUT2D eigenvalue weighted by atomic mass is 16.7. The maximum atomic E-state index is 9.46. The Morgan fingerprint density at radius 1 is 1.50 bits per heavy atom. The largest absolute Gasteiger partial charge is 0.356 e. The van der Waals surface area contributed by atoms with Gasteiger partial charge in [-0.2, -0.15) is 0 Å². The topological polar surface area (TPSA) is 35.5 Å². The van der Waals surface area contributed by atoms with E-state index in [-0.39, 0.29) is 13.4 Å². The van der Waals surface area contributed by atoms with Crippen molar-refractivity contribution in [3.8, 4) is 0 Å². The Balaban J connectivity index is 2.62. The fourth-order valence-electron chi connectivity index (χ4n) is 0.226. The van der Waals surface area contributed by atoms with E-state index in [4.69, 9.17) is 4.74 Å². The van der Waals surface area contributed by atoms with Gasteiger partial charge in [-0.15, -0.1) is 0 Å². The molecule has 0 aromatic carbocycles. The molecule has 0 N–H and O–H groups in total. The number of hydrogen-bond acceptors (Lipinski definition) is 3. The highest BCUT2D eigenvalue weighted by Crippen LogP contribution is 1.73. The van der Waals surface area contributed by atoms with E-state index < -0.39 is 0 Å². The normalized spacial score (nSPS) is 9.12. The van der Waals surface area contributed by atoms with Gasteiger partial charge in [-0.3, -0.25) is 4.79 Å². The summed E-state index contributed by atoms with van der Waals surface area (Å²) in [5.74, 6) is 0. The number of carbonyl (C=O) groups excluding carboxylic acids is 1. The molecule has 0 saturated heterocycles. The second-order valence-corrected chi connectivity index (χ2v) is 1.10. The highest BCUT2D eigenvalue weighted by molar-refractivity contribution is 5.51. The van der Waals surface area contributed by atoms with Crippen molar-refractivity contribution < 1.29 is 14.3 Å². The quantitative estimate of drug-likeness (QED) is 0.378. The Hall–Kier alpha value is -0.410. The summed E-state index contributed by atoms with van der Waals surface area (Å²) < 4.78 is 9.31. The molecule has 0 aliphatic heterocycles. The van der Waals surface area contributed by atoms with Gasteiger partial charge >= 0.3 is 0 Å². The summed E-state index contributed by atoms with van der Waals surface area (Å²) in [5.41, 5.74) is 0. The third kappa shape index (κ3) is 5.59. The zero-order chi connectivity index (χ0) is 6.24. The van der Waals surface area contributed by atoms with Crippen LogP contribution in [0.4, 0.5) is 0 Å². The fraction of sp³-hybridized carbons (Fsp3) is 0.800. The number of hydrogen-bond donors (Lipinski definition) is 0. The fourth-order valence-corrected chi connectivity index (χ4v) is 0.226. The van der Waals surface area contributed by atoms with E-state index in [0.29, 0.717) is 6.61 Å². The lowest BCUT2D eigenvalue weighted by molar-refractivity contribution is -0.0356. The van der Waals surface area contributed by atoms with E-state index >= 15 is 0 Å². The Bertz CT molecular complexity index is 53.6. The molecule has 3 nitrogen and oxygen atoms in total. The lowest BCUT2D eigenvalue weighted by Gasteiger charge is -1.96. The Morgan fingerprint density at radius 3 is 2.75 bits per heavy atom. The first-order valence-corrected chi connectivity index (χ1v) is 2.42. The third-order valence-corrected chi connectivity index (χ3v) is 0.532. The van der Waals surface area contributed by atoms with Crippen molar-refractivity contribution in [2.24, 2.45) is 0 Å². The monoisotopic (exact) mass is 117 g/mol. The van der Waals surface area contributed by atoms with E-state index in [0.717, 1.165) is 0 Å². The van der Waals surface area contributed by atoms with E-state index in [9.17, 15) is 4.79 Å². The molecular weight excluding hydrogens is 108 g/mol.